The molecule has 1 aromatic carbocycles. The van der Waals surface area contributed by atoms with E-state index in [0.29, 0.717) is 11.4 Å². The lowest BCUT2D eigenvalue weighted by molar-refractivity contribution is -0.115. The van der Waals surface area contributed by atoms with Crippen LogP contribution in [0, 0.1) is 6.92 Å². The molecule has 1 amide bonds. The summed E-state index contributed by atoms with van der Waals surface area (Å²) < 4.78 is 0. The zero-order valence-electron chi connectivity index (χ0n) is 9.46. The normalized spacial score (nSPS) is 10.2. The van der Waals surface area contributed by atoms with Crippen molar-refractivity contribution in [3.05, 3.63) is 52.8 Å². The van der Waals surface area contributed by atoms with E-state index in [9.17, 15) is 4.79 Å². The van der Waals surface area contributed by atoms with Crippen molar-refractivity contribution in [3.63, 3.8) is 0 Å². The summed E-state index contributed by atoms with van der Waals surface area (Å²) in [7, 11) is 0. The maximum Gasteiger partial charge on any atom is 0.228 e. The van der Waals surface area contributed by atoms with E-state index in [1.165, 1.54) is 0 Å². The Morgan fingerprint density at radius 2 is 2.24 bits per heavy atom. The lowest BCUT2D eigenvalue weighted by Crippen LogP contribution is -2.13. The molecule has 0 radical (unpaired) electrons. The number of benzene rings is 1. The van der Waals surface area contributed by atoms with E-state index in [2.05, 4.69) is 10.3 Å². The molecule has 2 aromatic rings. The molecule has 3 nitrogen and oxygen atoms in total. The van der Waals surface area contributed by atoms with Crippen LogP contribution in [0.2, 0.25) is 5.02 Å². The van der Waals surface area contributed by atoms with Gasteiger partial charge >= 0.3 is 0 Å². The number of nitrogens with one attached hydrogen (secondary N) is 2. The minimum absolute atomic E-state index is 0.0514. The third-order valence-electron chi connectivity index (χ3n) is 2.48. The van der Waals surface area contributed by atoms with E-state index in [4.69, 9.17) is 11.6 Å². The summed E-state index contributed by atoms with van der Waals surface area (Å²) in [5.41, 5.74) is 2.68. The van der Waals surface area contributed by atoms with Crippen molar-refractivity contribution >= 4 is 23.2 Å². The van der Waals surface area contributed by atoms with Crippen molar-refractivity contribution in [2.24, 2.45) is 0 Å². The highest BCUT2D eigenvalue weighted by Crippen LogP contribution is 2.20. The minimum Gasteiger partial charge on any atom is -0.367 e. The first-order chi connectivity index (χ1) is 8.15. The van der Waals surface area contributed by atoms with Gasteiger partial charge in [-0.1, -0.05) is 17.7 Å². The molecular weight excluding hydrogens is 236 g/mol. The van der Waals surface area contributed by atoms with Gasteiger partial charge in [0.1, 0.15) is 0 Å². The fraction of sp³-hybridized carbons (Fsp3) is 0.154. The molecule has 0 unspecified atom stereocenters. The Morgan fingerprint density at radius 3 is 2.88 bits per heavy atom. The van der Waals surface area contributed by atoms with Gasteiger partial charge in [0.15, 0.2) is 0 Å². The van der Waals surface area contributed by atoms with Gasteiger partial charge in [0.25, 0.3) is 0 Å². The van der Waals surface area contributed by atoms with Gasteiger partial charge in [-0.2, -0.15) is 0 Å². The SMILES string of the molecule is Cc1ccc(NC(=O)Cc2cc[nH]c2)cc1Cl. The van der Waals surface area contributed by atoms with E-state index >= 15 is 0 Å². The number of anilines is 1. The lowest BCUT2D eigenvalue weighted by Gasteiger charge is -2.06. The quantitative estimate of drug-likeness (QED) is 0.861. The van der Waals surface area contributed by atoms with Crippen molar-refractivity contribution in [3.8, 4) is 0 Å². The molecular formula is C13H13ClN2O. The van der Waals surface area contributed by atoms with E-state index in [1.54, 1.807) is 12.3 Å². The van der Waals surface area contributed by atoms with Gasteiger partial charge in [-0.3, -0.25) is 4.79 Å². The van der Waals surface area contributed by atoms with Gasteiger partial charge in [-0.25, -0.2) is 0 Å². The molecule has 2 rings (SSSR count). The van der Waals surface area contributed by atoms with Crippen molar-refractivity contribution in [2.75, 3.05) is 5.32 Å². The molecule has 0 aliphatic rings. The summed E-state index contributed by atoms with van der Waals surface area (Å²) in [5.74, 6) is -0.0514. The zero-order valence-corrected chi connectivity index (χ0v) is 10.2. The number of aromatic nitrogens is 1. The fourth-order valence-corrected chi connectivity index (χ4v) is 1.71. The van der Waals surface area contributed by atoms with Crippen LogP contribution in [0.3, 0.4) is 0 Å². The van der Waals surface area contributed by atoms with Crippen LogP contribution in [0.25, 0.3) is 0 Å². The Morgan fingerprint density at radius 1 is 1.41 bits per heavy atom. The molecule has 0 aliphatic carbocycles. The molecule has 17 heavy (non-hydrogen) atoms. The van der Waals surface area contributed by atoms with Gasteiger partial charge in [0.05, 0.1) is 6.42 Å². The number of aromatic amines is 1. The number of carbonyl (C=O) groups excluding carboxylic acids is 1. The Labute approximate surface area is 105 Å². The van der Waals surface area contributed by atoms with E-state index in [1.807, 2.05) is 31.3 Å². The molecule has 88 valence electrons. The third kappa shape index (κ3) is 3.11. The number of hydrogen-bond donors (Lipinski definition) is 2. The predicted molar refractivity (Wildman–Crippen MR) is 69.3 cm³/mol. The molecule has 1 aromatic heterocycles. The molecule has 0 aliphatic heterocycles. The summed E-state index contributed by atoms with van der Waals surface area (Å²) >= 11 is 5.98. The predicted octanol–water partition coefficient (Wildman–Crippen LogP) is 3.16. The van der Waals surface area contributed by atoms with Crippen LogP contribution in [0.1, 0.15) is 11.1 Å². The van der Waals surface area contributed by atoms with Crippen LogP contribution in [-0.4, -0.2) is 10.9 Å². The maximum atomic E-state index is 11.7. The Hall–Kier alpha value is -1.74. The number of aryl methyl sites for hydroxylation is 1. The Bertz CT molecular complexity index is 520. The van der Waals surface area contributed by atoms with E-state index in [0.717, 1.165) is 16.8 Å². The first kappa shape index (κ1) is 11.7. The van der Waals surface area contributed by atoms with Crippen LogP contribution in [0.4, 0.5) is 5.69 Å². The first-order valence-electron chi connectivity index (χ1n) is 5.33. The van der Waals surface area contributed by atoms with Crippen LogP contribution in [-0.2, 0) is 11.2 Å². The molecule has 0 spiro atoms. The third-order valence-corrected chi connectivity index (χ3v) is 2.89. The van der Waals surface area contributed by atoms with E-state index in [-0.39, 0.29) is 5.91 Å². The molecule has 2 N–H and O–H groups in total. The zero-order chi connectivity index (χ0) is 12.3. The molecule has 0 bridgehead atoms. The lowest BCUT2D eigenvalue weighted by atomic mass is 10.2. The van der Waals surface area contributed by atoms with E-state index < -0.39 is 0 Å². The van der Waals surface area contributed by atoms with Gasteiger partial charge < -0.3 is 10.3 Å². The monoisotopic (exact) mass is 248 g/mol. The van der Waals surface area contributed by atoms with Crippen LogP contribution in [0.15, 0.2) is 36.7 Å². The number of amides is 1. The smallest absolute Gasteiger partial charge is 0.228 e. The van der Waals surface area contributed by atoms with Crippen LogP contribution < -0.4 is 5.32 Å². The first-order valence-corrected chi connectivity index (χ1v) is 5.70. The van der Waals surface area contributed by atoms with Gasteiger partial charge in [0, 0.05) is 23.1 Å². The summed E-state index contributed by atoms with van der Waals surface area (Å²) in [6.07, 6.45) is 3.96. The average molecular weight is 249 g/mol. The molecule has 4 heteroatoms. The highest BCUT2D eigenvalue weighted by atomic mass is 35.5. The summed E-state index contributed by atoms with van der Waals surface area (Å²) in [4.78, 5) is 14.6. The molecule has 0 saturated carbocycles. The van der Waals surface area contributed by atoms with Crippen molar-refractivity contribution in [2.45, 2.75) is 13.3 Å². The highest BCUT2D eigenvalue weighted by molar-refractivity contribution is 6.31. The van der Waals surface area contributed by atoms with Gasteiger partial charge in [-0.05, 0) is 36.2 Å². The Kier molecular flexibility index (Phi) is 3.49. The topological polar surface area (TPSA) is 44.9 Å². The highest BCUT2D eigenvalue weighted by Gasteiger charge is 2.05. The van der Waals surface area contributed by atoms with Gasteiger partial charge in [0.2, 0.25) is 5.91 Å². The summed E-state index contributed by atoms with van der Waals surface area (Å²) in [6, 6.07) is 7.36. The number of halogens is 1. The second kappa shape index (κ2) is 5.06. The maximum absolute atomic E-state index is 11.7. The minimum atomic E-state index is -0.0514. The van der Waals surface area contributed by atoms with Crippen molar-refractivity contribution in [1.82, 2.24) is 4.98 Å². The number of carbonyl (C=O) groups is 1. The molecule has 0 saturated heterocycles. The van der Waals surface area contributed by atoms with Crippen molar-refractivity contribution < 1.29 is 4.79 Å². The fourth-order valence-electron chi connectivity index (χ4n) is 1.53. The summed E-state index contributed by atoms with van der Waals surface area (Å²) in [6.45, 7) is 1.92. The number of hydrogen-bond acceptors (Lipinski definition) is 1. The summed E-state index contributed by atoms with van der Waals surface area (Å²) in [5, 5.41) is 3.47. The van der Waals surface area contributed by atoms with Crippen molar-refractivity contribution in [1.29, 1.82) is 0 Å². The number of rotatable bonds is 3. The standard InChI is InChI=1S/C13H13ClN2O/c1-9-2-3-11(7-12(9)14)16-13(17)6-10-4-5-15-8-10/h2-5,7-8,15H,6H2,1H3,(H,16,17). The average Bonchev–Trinajstić information content (AvgIpc) is 2.76. The largest absolute Gasteiger partial charge is 0.367 e. The van der Waals surface area contributed by atoms with Crippen LogP contribution in [0.5, 0.6) is 0 Å². The van der Waals surface area contributed by atoms with Gasteiger partial charge in [-0.15, -0.1) is 0 Å². The second-order valence-electron chi connectivity index (χ2n) is 3.91. The molecule has 1 heterocycles. The number of H-pyrrole nitrogens is 1. The Balaban J connectivity index is 2.00. The molecule has 0 atom stereocenters. The second-order valence-corrected chi connectivity index (χ2v) is 4.32. The van der Waals surface area contributed by atoms with Crippen LogP contribution >= 0.6 is 11.6 Å². The molecule has 0 fully saturated rings.